The minimum Gasteiger partial charge on any atom is -0.494 e. The van der Waals surface area contributed by atoms with Crippen molar-refractivity contribution in [3.8, 4) is 5.75 Å². The molecule has 26 heavy (non-hydrogen) atoms. The molecule has 0 aliphatic rings. The lowest BCUT2D eigenvalue weighted by Gasteiger charge is -2.11. The fourth-order valence-electron chi connectivity index (χ4n) is 2.92. The van der Waals surface area contributed by atoms with Gasteiger partial charge in [0.1, 0.15) is 11.6 Å². The van der Waals surface area contributed by atoms with Gasteiger partial charge >= 0.3 is 0 Å². The molecule has 2 aromatic carbocycles. The predicted molar refractivity (Wildman–Crippen MR) is 103 cm³/mol. The maximum absolute atomic E-state index is 12.2. The number of carbonyl (C=O) groups is 1. The maximum atomic E-state index is 12.2. The lowest BCUT2D eigenvalue weighted by Crippen LogP contribution is -2.23. The van der Waals surface area contributed by atoms with Gasteiger partial charge in [0.2, 0.25) is 5.91 Å². The SMILES string of the molecule is CCOc1ccccc1CNC(=O)CCc1ccc2nc(CC)[nH]c2c1. The molecule has 0 saturated carbocycles. The third-order valence-corrected chi connectivity index (χ3v) is 4.32. The summed E-state index contributed by atoms with van der Waals surface area (Å²) in [7, 11) is 0. The first-order valence-electron chi connectivity index (χ1n) is 9.14. The van der Waals surface area contributed by atoms with Crippen molar-refractivity contribution in [3.05, 3.63) is 59.4 Å². The molecule has 2 N–H and O–H groups in total. The van der Waals surface area contributed by atoms with E-state index in [1.54, 1.807) is 0 Å². The number of ether oxygens (including phenoxy) is 1. The van der Waals surface area contributed by atoms with Gasteiger partial charge in [-0.15, -0.1) is 0 Å². The molecule has 0 fully saturated rings. The Hall–Kier alpha value is -2.82. The van der Waals surface area contributed by atoms with E-state index in [0.29, 0.717) is 26.0 Å². The van der Waals surface area contributed by atoms with E-state index in [4.69, 9.17) is 4.74 Å². The van der Waals surface area contributed by atoms with Crippen LogP contribution in [0.25, 0.3) is 11.0 Å². The normalized spacial score (nSPS) is 10.8. The summed E-state index contributed by atoms with van der Waals surface area (Å²) in [6, 6.07) is 13.9. The van der Waals surface area contributed by atoms with E-state index >= 15 is 0 Å². The smallest absolute Gasteiger partial charge is 0.220 e. The van der Waals surface area contributed by atoms with Crippen LogP contribution in [0, 0.1) is 0 Å². The van der Waals surface area contributed by atoms with Gasteiger partial charge in [0, 0.05) is 24.9 Å². The number of aromatic nitrogens is 2. The summed E-state index contributed by atoms with van der Waals surface area (Å²) in [6.45, 7) is 5.12. The number of aromatic amines is 1. The zero-order valence-electron chi connectivity index (χ0n) is 15.3. The van der Waals surface area contributed by atoms with Crippen molar-refractivity contribution in [2.75, 3.05) is 6.61 Å². The number of H-pyrrole nitrogens is 1. The number of hydrogen-bond donors (Lipinski definition) is 2. The highest BCUT2D eigenvalue weighted by molar-refractivity contribution is 5.78. The van der Waals surface area contributed by atoms with Crippen LogP contribution in [0.4, 0.5) is 0 Å². The van der Waals surface area contributed by atoms with E-state index < -0.39 is 0 Å². The number of para-hydroxylation sites is 1. The molecule has 1 heterocycles. The number of aryl methyl sites for hydroxylation is 2. The van der Waals surface area contributed by atoms with Gasteiger partial charge in [-0.25, -0.2) is 4.98 Å². The molecule has 136 valence electrons. The maximum Gasteiger partial charge on any atom is 0.220 e. The summed E-state index contributed by atoms with van der Waals surface area (Å²) in [6.07, 6.45) is 2.04. The van der Waals surface area contributed by atoms with Crippen molar-refractivity contribution in [3.63, 3.8) is 0 Å². The average Bonchev–Trinajstić information content (AvgIpc) is 3.08. The Morgan fingerprint density at radius 2 is 2.04 bits per heavy atom. The van der Waals surface area contributed by atoms with Crippen LogP contribution in [0.15, 0.2) is 42.5 Å². The number of nitrogens with zero attached hydrogens (tertiary/aromatic N) is 1. The third kappa shape index (κ3) is 4.42. The summed E-state index contributed by atoms with van der Waals surface area (Å²) >= 11 is 0. The first-order chi connectivity index (χ1) is 12.7. The molecule has 0 bridgehead atoms. The van der Waals surface area contributed by atoms with E-state index in [0.717, 1.165) is 40.2 Å². The van der Waals surface area contributed by atoms with Crippen LogP contribution < -0.4 is 10.1 Å². The van der Waals surface area contributed by atoms with Gasteiger partial charge in [-0.2, -0.15) is 0 Å². The van der Waals surface area contributed by atoms with E-state index in [-0.39, 0.29) is 5.91 Å². The molecule has 0 unspecified atom stereocenters. The van der Waals surface area contributed by atoms with Crippen molar-refractivity contribution < 1.29 is 9.53 Å². The fraction of sp³-hybridized carbons (Fsp3) is 0.333. The molecular formula is C21H25N3O2. The van der Waals surface area contributed by atoms with Gasteiger partial charge in [-0.3, -0.25) is 4.79 Å². The molecule has 0 aliphatic heterocycles. The Morgan fingerprint density at radius 1 is 1.19 bits per heavy atom. The fourth-order valence-corrected chi connectivity index (χ4v) is 2.92. The highest BCUT2D eigenvalue weighted by Gasteiger charge is 2.07. The lowest BCUT2D eigenvalue weighted by atomic mass is 10.1. The van der Waals surface area contributed by atoms with Crippen LogP contribution in [-0.4, -0.2) is 22.5 Å². The Labute approximate surface area is 153 Å². The molecule has 1 aromatic heterocycles. The topological polar surface area (TPSA) is 67.0 Å². The number of carbonyl (C=O) groups excluding carboxylic acids is 1. The van der Waals surface area contributed by atoms with Gasteiger partial charge in [-0.1, -0.05) is 31.2 Å². The lowest BCUT2D eigenvalue weighted by molar-refractivity contribution is -0.121. The molecule has 3 aromatic rings. The summed E-state index contributed by atoms with van der Waals surface area (Å²) in [5, 5.41) is 2.98. The van der Waals surface area contributed by atoms with Gasteiger partial charge < -0.3 is 15.0 Å². The quantitative estimate of drug-likeness (QED) is 0.649. The number of nitrogens with one attached hydrogen (secondary N) is 2. The number of imidazole rings is 1. The molecule has 0 spiro atoms. The standard InChI is InChI=1S/C21H25N3O2/c1-3-20-23-17-11-9-15(13-18(17)24-20)10-12-21(25)22-14-16-7-5-6-8-19(16)26-4-2/h5-9,11,13H,3-4,10,12,14H2,1-2H3,(H,22,25)(H,23,24). The Morgan fingerprint density at radius 3 is 2.85 bits per heavy atom. The van der Waals surface area contributed by atoms with Crippen molar-refractivity contribution in [2.45, 2.75) is 39.7 Å². The number of hydrogen-bond acceptors (Lipinski definition) is 3. The second-order valence-corrected chi connectivity index (χ2v) is 6.21. The van der Waals surface area contributed by atoms with Crippen molar-refractivity contribution in [1.29, 1.82) is 0 Å². The zero-order chi connectivity index (χ0) is 18.4. The van der Waals surface area contributed by atoms with Crippen molar-refractivity contribution in [1.82, 2.24) is 15.3 Å². The number of fused-ring (bicyclic) bond motifs is 1. The van der Waals surface area contributed by atoms with Crippen LogP contribution in [0.1, 0.15) is 37.2 Å². The summed E-state index contributed by atoms with van der Waals surface area (Å²) < 4.78 is 5.59. The molecule has 1 amide bonds. The van der Waals surface area contributed by atoms with Crippen LogP contribution >= 0.6 is 0 Å². The monoisotopic (exact) mass is 351 g/mol. The van der Waals surface area contributed by atoms with Gasteiger partial charge in [0.05, 0.1) is 17.6 Å². The van der Waals surface area contributed by atoms with Crippen molar-refractivity contribution >= 4 is 16.9 Å². The van der Waals surface area contributed by atoms with E-state index in [1.807, 2.05) is 43.3 Å². The Bertz CT molecular complexity index is 886. The number of benzene rings is 2. The van der Waals surface area contributed by atoms with Crippen LogP contribution in [0.2, 0.25) is 0 Å². The molecule has 5 heteroatoms. The average molecular weight is 351 g/mol. The molecular weight excluding hydrogens is 326 g/mol. The predicted octanol–water partition coefficient (Wildman–Crippen LogP) is 3.77. The minimum atomic E-state index is 0.0373. The third-order valence-electron chi connectivity index (χ3n) is 4.32. The first kappa shape index (κ1) is 18.0. The molecule has 3 rings (SSSR count). The van der Waals surface area contributed by atoms with Gasteiger partial charge in [0.15, 0.2) is 0 Å². The van der Waals surface area contributed by atoms with Crippen LogP contribution in [-0.2, 0) is 24.2 Å². The molecule has 0 radical (unpaired) electrons. The van der Waals surface area contributed by atoms with E-state index in [9.17, 15) is 4.79 Å². The first-order valence-corrected chi connectivity index (χ1v) is 9.14. The van der Waals surface area contributed by atoms with Gasteiger partial charge in [-0.05, 0) is 37.1 Å². The highest BCUT2D eigenvalue weighted by atomic mass is 16.5. The summed E-state index contributed by atoms with van der Waals surface area (Å²) in [5.74, 6) is 1.85. The number of rotatable bonds is 8. The summed E-state index contributed by atoms with van der Waals surface area (Å²) in [5.41, 5.74) is 4.13. The van der Waals surface area contributed by atoms with Crippen molar-refractivity contribution in [2.24, 2.45) is 0 Å². The molecule has 0 atom stereocenters. The van der Waals surface area contributed by atoms with E-state index in [2.05, 4.69) is 28.3 Å². The van der Waals surface area contributed by atoms with Crippen LogP contribution in [0.5, 0.6) is 5.75 Å². The second kappa shape index (κ2) is 8.52. The molecule has 0 aliphatic carbocycles. The Balaban J connectivity index is 1.54. The zero-order valence-corrected chi connectivity index (χ0v) is 15.3. The molecule has 0 saturated heterocycles. The minimum absolute atomic E-state index is 0.0373. The largest absolute Gasteiger partial charge is 0.494 e. The van der Waals surface area contributed by atoms with Crippen LogP contribution in [0.3, 0.4) is 0 Å². The van der Waals surface area contributed by atoms with E-state index in [1.165, 1.54) is 0 Å². The second-order valence-electron chi connectivity index (χ2n) is 6.21. The highest BCUT2D eigenvalue weighted by Crippen LogP contribution is 2.18. The molecule has 5 nitrogen and oxygen atoms in total. The van der Waals surface area contributed by atoms with Gasteiger partial charge in [0.25, 0.3) is 0 Å². The summed E-state index contributed by atoms with van der Waals surface area (Å²) in [4.78, 5) is 20.0. The Kier molecular flexibility index (Phi) is 5.89. The number of amides is 1.